The molecule has 3 aromatic rings. The number of fused-ring (bicyclic) bond motifs is 1. The van der Waals surface area contributed by atoms with Crippen LogP contribution in [0.15, 0.2) is 42.5 Å². The van der Waals surface area contributed by atoms with Gasteiger partial charge >= 0.3 is 0 Å². The molecule has 0 saturated heterocycles. The third-order valence-electron chi connectivity index (χ3n) is 3.80. The Labute approximate surface area is 146 Å². The van der Waals surface area contributed by atoms with Crippen LogP contribution in [0.3, 0.4) is 0 Å². The zero-order valence-corrected chi connectivity index (χ0v) is 14.6. The molecule has 0 aliphatic heterocycles. The molecule has 24 heavy (non-hydrogen) atoms. The van der Waals surface area contributed by atoms with Gasteiger partial charge in [0.2, 0.25) is 5.91 Å². The summed E-state index contributed by atoms with van der Waals surface area (Å²) in [5, 5.41) is 4.09. The van der Waals surface area contributed by atoms with Crippen molar-refractivity contribution in [2.45, 2.75) is 39.2 Å². The van der Waals surface area contributed by atoms with E-state index in [1.807, 2.05) is 43.3 Å². The number of carbonyl (C=O) groups is 1. The molecule has 1 amide bonds. The van der Waals surface area contributed by atoms with Gasteiger partial charge in [0.15, 0.2) is 0 Å². The molecule has 4 nitrogen and oxygen atoms in total. The number of thiazole rings is 1. The van der Waals surface area contributed by atoms with Gasteiger partial charge in [-0.3, -0.25) is 9.78 Å². The third kappa shape index (κ3) is 4.61. The summed E-state index contributed by atoms with van der Waals surface area (Å²) in [6.07, 6.45) is 3.35. The van der Waals surface area contributed by atoms with E-state index in [1.54, 1.807) is 11.3 Å². The van der Waals surface area contributed by atoms with Gasteiger partial charge in [-0.25, -0.2) is 4.98 Å². The Balaban J connectivity index is 1.37. The van der Waals surface area contributed by atoms with Crippen LogP contribution in [0.5, 0.6) is 0 Å². The highest BCUT2D eigenvalue weighted by atomic mass is 32.1. The molecule has 1 aromatic carbocycles. The molecule has 0 radical (unpaired) electrons. The van der Waals surface area contributed by atoms with Crippen molar-refractivity contribution < 1.29 is 4.79 Å². The Hall–Kier alpha value is -2.27. The highest BCUT2D eigenvalue weighted by Gasteiger charge is 2.05. The van der Waals surface area contributed by atoms with E-state index in [-0.39, 0.29) is 5.91 Å². The summed E-state index contributed by atoms with van der Waals surface area (Å²) in [6, 6.07) is 14.0. The first kappa shape index (κ1) is 16.6. The molecule has 0 atom stereocenters. The minimum Gasteiger partial charge on any atom is -0.350 e. The Morgan fingerprint density at radius 2 is 1.96 bits per heavy atom. The number of benzene rings is 1. The van der Waals surface area contributed by atoms with Crippen molar-refractivity contribution in [2.24, 2.45) is 0 Å². The number of aryl methyl sites for hydroxylation is 2. The van der Waals surface area contributed by atoms with Gasteiger partial charge in [-0.2, -0.15) is 0 Å². The van der Waals surface area contributed by atoms with Crippen LogP contribution in [0.25, 0.3) is 10.2 Å². The minimum absolute atomic E-state index is 0.0857. The van der Waals surface area contributed by atoms with Crippen LogP contribution in [0.4, 0.5) is 0 Å². The van der Waals surface area contributed by atoms with Crippen LogP contribution < -0.4 is 5.32 Å². The maximum absolute atomic E-state index is 11.9. The highest BCUT2D eigenvalue weighted by Crippen LogP contribution is 2.22. The lowest BCUT2D eigenvalue weighted by Gasteiger charge is -2.05. The smallest absolute Gasteiger partial charge is 0.220 e. The van der Waals surface area contributed by atoms with Gasteiger partial charge in [0.1, 0.15) is 0 Å². The molecule has 2 aromatic heterocycles. The fourth-order valence-corrected chi connectivity index (χ4v) is 3.57. The van der Waals surface area contributed by atoms with E-state index >= 15 is 0 Å². The van der Waals surface area contributed by atoms with E-state index in [4.69, 9.17) is 0 Å². The van der Waals surface area contributed by atoms with Crippen molar-refractivity contribution in [1.29, 1.82) is 0 Å². The lowest BCUT2D eigenvalue weighted by Crippen LogP contribution is -2.23. The van der Waals surface area contributed by atoms with Crippen molar-refractivity contribution in [3.05, 3.63) is 58.9 Å². The Morgan fingerprint density at radius 1 is 1.08 bits per heavy atom. The van der Waals surface area contributed by atoms with E-state index in [0.29, 0.717) is 13.0 Å². The summed E-state index contributed by atoms with van der Waals surface area (Å²) >= 11 is 1.75. The quantitative estimate of drug-likeness (QED) is 0.661. The van der Waals surface area contributed by atoms with Crippen LogP contribution >= 0.6 is 11.3 Å². The number of amides is 1. The summed E-state index contributed by atoms with van der Waals surface area (Å²) in [5.41, 5.74) is 2.94. The average molecular weight is 339 g/mol. The van der Waals surface area contributed by atoms with Gasteiger partial charge in [-0.05, 0) is 50.5 Å². The number of hydrogen-bond acceptors (Lipinski definition) is 4. The number of nitrogens with one attached hydrogen (secondary N) is 1. The van der Waals surface area contributed by atoms with Gasteiger partial charge in [0.05, 0.1) is 27.5 Å². The Kier molecular flexibility index (Phi) is 5.54. The summed E-state index contributed by atoms with van der Waals surface area (Å²) in [5.74, 6) is 0.0857. The monoisotopic (exact) mass is 339 g/mol. The largest absolute Gasteiger partial charge is 0.350 e. The van der Waals surface area contributed by atoms with Crippen LogP contribution in [-0.4, -0.2) is 15.9 Å². The van der Waals surface area contributed by atoms with Gasteiger partial charge < -0.3 is 5.32 Å². The summed E-state index contributed by atoms with van der Waals surface area (Å²) in [7, 11) is 0. The maximum Gasteiger partial charge on any atom is 0.220 e. The first-order valence-corrected chi connectivity index (χ1v) is 9.06. The molecule has 2 heterocycles. The molecule has 0 bridgehead atoms. The van der Waals surface area contributed by atoms with Crippen molar-refractivity contribution >= 4 is 27.5 Å². The molecule has 0 saturated carbocycles. The molecular formula is C19H21N3OS. The zero-order valence-electron chi connectivity index (χ0n) is 13.8. The molecule has 1 N–H and O–H groups in total. The summed E-state index contributed by atoms with van der Waals surface area (Å²) in [6.45, 7) is 2.45. The molecule has 5 heteroatoms. The van der Waals surface area contributed by atoms with Crippen molar-refractivity contribution in [1.82, 2.24) is 15.3 Å². The first-order valence-electron chi connectivity index (χ1n) is 8.24. The summed E-state index contributed by atoms with van der Waals surface area (Å²) < 4.78 is 1.23. The predicted octanol–water partition coefficient (Wildman–Crippen LogP) is 4.03. The predicted molar refractivity (Wildman–Crippen MR) is 98.0 cm³/mol. The second-order valence-electron chi connectivity index (χ2n) is 5.83. The zero-order chi connectivity index (χ0) is 16.8. The van der Waals surface area contributed by atoms with Gasteiger partial charge in [-0.1, -0.05) is 18.2 Å². The first-order chi connectivity index (χ1) is 11.7. The van der Waals surface area contributed by atoms with Crippen LogP contribution in [0.2, 0.25) is 0 Å². The molecule has 0 aliphatic carbocycles. The van der Waals surface area contributed by atoms with Gasteiger partial charge in [-0.15, -0.1) is 11.3 Å². The number of para-hydroxylation sites is 1. The second-order valence-corrected chi connectivity index (χ2v) is 6.94. The van der Waals surface area contributed by atoms with Crippen LogP contribution in [0.1, 0.15) is 35.7 Å². The molecular weight excluding hydrogens is 318 g/mol. The SMILES string of the molecule is Cc1cccc(CNC(=O)CCCCc2nc3ccccc3s2)n1. The van der Waals surface area contributed by atoms with Gasteiger partial charge in [0, 0.05) is 12.1 Å². The number of aromatic nitrogens is 2. The molecule has 3 rings (SSSR count). The van der Waals surface area contributed by atoms with E-state index in [0.717, 1.165) is 41.2 Å². The fourth-order valence-electron chi connectivity index (χ4n) is 2.56. The molecule has 0 fully saturated rings. The van der Waals surface area contributed by atoms with Crippen molar-refractivity contribution in [3.8, 4) is 0 Å². The highest BCUT2D eigenvalue weighted by molar-refractivity contribution is 7.18. The van der Waals surface area contributed by atoms with Crippen LogP contribution in [-0.2, 0) is 17.8 Å². The standard InChI is InChI=1S/C19H21N3OS/c1-14-7-6-8-15(21-14)13-20-18(23)11-4-5-12-19-22-16-9-2-3-10-17(16)24-19/h2-3,6-10H,4-5,11-13H2,1H3,(H,20,23). The summed E-state index contributed by atoms with van der Waals surface area (Å²) in [4.78, 5) is 20.9. The van der Waals surface area contributed by atoms with Crippen molar-refractivity contribution in [3.63, 3.8) is 0 Å². The lowest BCUT2D eigenvalue weighted by molar-refractivity contribution is -0.121. The van der Waals surface area contributed by atoms with E-state index in [9.17, 15) is 4.79 Å². The number of pyridine rings is 1. The van der Waals surface area contributed by atoms with E-state index < -0.39 is 0 Å². The van der Waals surface area contributed by atoms with E-state index in [1.165, 1.54) is 4.70 Å². The average Bonchev–Trinajstić information content (AvgIpc) is 3.00. The van der Waals surface area contributed by atoms with E-state index in [2.05, 4.69) is 21.4 Å². The normalized spacial score (nSPS) is 10.9. The molecule has 0 aliphatic rings. The number of rotatable bonds is 7. The molecule has 124 valence electrons. The topological polar surface area (TPSA) is 54.9 Å². The molecule has 0 spiro atoms. The lowest BCUT2D eigenvalue weighted by atomic mass is 10.2. The van der Waals surface area contributed by atoms with Crippen molar-refractivity contribution in [2.75, 3.05) is 0 Å². The minimum atomic E-state index is 0.0857. The Bertz CT molecular complexity index is 795. The van der Waals surface area contributed by atoms with Crippen LogP contribution in [0, 0.1) is 6.92 Å². The molecule has 0 unspecified atom stereocenters. The Morgan fingerprint density at radius 3 is 2.79 bits per heavy atom. The second kappa shape index (κ2) is 8.02. The fraction of sp³-hybridized carbons (Fsp3) is 0.316. The maximum atomic E-state index is 11.9. The number of hydrogen-bond donors (Lipinski definition) is 1. The third-order valence-corrected chi connectivity index (χ3v) is 4.89. The number of nitrogens with zero attached hydrogens (tertiary/aromatic N) is 2. The van der Waals surface area contributed by atoms with Gasteiger partial charge in [0.25, 0.3) is 0 Å². The number of unbranched alkanes of at least 4 members (excludes halogenated alkanes) is 1. The number of carbonyl (C=O) groups excluding carboxylic acids is 1.